The van der Waals surface area contributed by atoms with Gasteiger partial charge in [-0.1, -0.05) is 12.8 Å². The Hall–Kier alpha value is -0.0900. The molecule has 0 amide bonds. The lowest BCUT2D eigenvalue weighted by molar-refractivity contribution is 0.379. The Bertz CT molecular complexity index is 267. The zero-order valence-electron chi connectivity index (χ0n) is 7.83. The average Bonchev–Trinajstić information content (AvgIpc) is 2.53. The normalized spacial score (nSPS) is 34.9. The van der Waals surface area contributed by atoms with Crippen LogP contribution in [-0.2, 0) is 9.84 Å². The first-order valence-electron chi connectivity index (χ1n) is 5.11. The zero-order chi connectivity index (χ0) is 9.31. The van der Waals surface area contributed by atoms with E-state index in [1.807, 2.05) is 0 Å². The van der Waals surface area contributed by atoms with Crippen molar-refractivity contribution in [3.05, 3.63) is 0 Å². The molecule has 0 aromatic heterocycles. The predicted octanol–water partition coefficient (Wildman–Crippen LogP) is 0.563. The lowest BCUT2D eigenvalue weighted by Gasteiger charge is -2.28. The van der Waals surface area contributed by atoms with Crippen LogP contribution in [0.3, 0.4) is 0 Å². The zero-order valence-corrected chi connectivity index (χ0v) is 8.65. The molecule has 2 fully saturated rings. The van der Waals surface area contributed by atoms with Crippen LogP contribution in [0.1, 0.15) is 25.7 Å². The molecule has 1 atom stereocenters. The molecule has 13 heavy (non-hydrogen) atoms. The molecule has 0 aromatic carbocycles. The first kappa shape index (κ1) is 9.46. The molecule has 0 aromatic rings. The van der Waals surface area contributed by atoms with Crippen LogP contribution in [0.2, 0.25) is 0 Å². The minimum absolute atomic E-state index is 0.251. The van der Waals surface area contributed by atoms with Crippen molar-refractivity contribution in [2.24, 2.45) is 5.92 Å². The number of hydrogen-bond acceptors (Lipinski definition) is 3. The van der Waals surface area contributed by atoms with Gasteiger partial charge in [-0.25, -0.2) is 8.42 Å². The maximum Gasteiger partial charge on any atom is 0.153 e. The van der Waals surface area contributed by atoms with E-state index in [0.717, 1.165) is 0 Å². The minimum atomic E-state index is -2.73. The van der Waals surface area contributed by atoms with Crippen LogP contribution < -0.4 is 5.32 Å². The van der Waals surface area contributed by atoms with E-state index in [9.17, 15) is 8.42 Å². The SMILES string of the molecule is O=S1(=O)CCNC(C2CCCC2)C1. The second kappa shape index (κ2) is 3.58. The minimum Gasteiger partial charge on any atom is -0.312 e. The Morgan fingerprint density at radius 2 is 1.85 bits per heavy atom. The molecule has 0 spiro atoms. The van der Waals surface area contributed by atoms with Crippen LogP contribution in [0.15, 0.2) is 0 Å². The van der Waals surface area contributed by atoms with Crippen LogP contribution in [0, 0.1) is 5.92 Å². The standard InChI is InChI=1S/C9H17NO2S/c11-13(12)6-5-10-9(7-13)8-3-1-2-4-8/h8-10H,1-7H2. The molecule has 2 aliphatic rings. The monoisotopic (exact) mass is 203 g/mol. The third-order valence-electron chi connectivity index (χ3n) is 3.22. The van der Waals surface area contributed by atoms with Crippen LogP contribution in [-0.4, -0.2) is 32.5 Å². The fourth-order valence-electron chi connectivity index (χ4n) is 2.48. The summed E-state index contributed by atoms with van der Waals surface area (Å²) in [5.74, 6) is 1.32. The lowest BCUT2D eigenvalue weighted by atomic mass is 10.00. The summed E-state index contributed by atoms with van der Waals surface area (Å²) in [6.45, 7) is 0.656. The van der Waals surface area contributed by atoms with Crippen molar-refractivity contribution < 1.29 is 8.42 Å². The van der Waals surface area contributed by atoms with Crippen molar-refractivity contribution in [2.45, 2.75) is 31.7 Å². The topological polar surface area (TPSA) is 46.2 Å². The average molecular weight is 203 g/mol. The molecule has 76 valence electrons. The molecule has 0 bridgehead atoms. The van der Waals surface area contributed by atoms with Gasteiger partial charge in [-0.15, -0.1) is 0 Å². The van der Waals surface area contributed by atoms with Crippen LogP contribution in [0.25, 0.3) is 0 Å². The van der Waals surface area contributed by atoms with Gasteiger partial charge < -0.3 is 5.32 Å². The Morgan fingerprint density at radius 3 is 2.46 bits per heavy atom. The van der Waals surface area contributed by atoms with Gasteiger partial charge in [0.15, 0.2) is 9.84 Å². The predicted molar refractivity (Wildman–Crippen MR) is 52.4 cm³/mol. The van der Waals surface area contributed by atoms with Gasteiger partial charge in [0, 0.05) is 12.6 Å². The van der Waals surface area contributed by atoms with Crippen molar-refractivity contribution in [1.29, 1.82) is 0 Å². The molecule has 3 nitrogen and oxygen atoms in total. The molecule has 1 saturated carbocycles. The highest BCUT2D eigenvalue weighted by molar-refractivity contribution is 7.91. The fourth-order valence-corrected chi connectivity index (χ4v) is 4.01. The van der Waals surface area contributed by atoms with Crippen molar-refractivity contribution in [2.75, 3.05) is 18.1 Å². The molecule has 1 aliphatic heterocycles. The Kier molecular flexibility index (Phi) is 2.60. The summed E-state index contributed by atoms with van der Waals surface area (Å²) in [6.07, 6.45) is 4.99. The first-order chi connectivity index (χ1) is 6.17. The highest BCUT2D eigenvalue weighted by atomic mass is 32.2. The smallest absolute Gasteiger partial charge is 0.153 e. The molecule has 4 heteroatoms. The number of sulfone groups is 1. The van der Waals surface area contributed by atoms with E-state index in [2.05, 4.69) is 5.32 Å². The first-order valence-corrected chi connectivity index (χ1v) is 6.93. The molecule has 1 unspecified atom stereocenters. The van der Waals surface area contributed by atoms with Crippen molar-refractivity contribution in [1.82, 2.24) is 5.32 Å². The van der Waals surface area contributed by atoms with Crippen molar-refractivity contribution in [3.63, 3.8) is 0 Å². The van der Waals surface area contributed by atoms with E-state index in [0.29, 0.717) is 24.0 Å². The molecule has 2 rings (SSSR count). The van der Waals surface area contributed by atoms with Gasteiger partial charge in [-0.3, -0.25) is 0 Å². The molecule has 1 N–H and O–H groups in total. The van der Waals surface area contributed by atoms with E-state index >= 15 is 0 Å². The summed E-state index contributed by atoms with van der Waals surface area (Å²) in [5, 5.41) is 3.34. The molecule has 1 heterocycles. The highest BCUT2D eigenvalue weighted by Gasteiger charge is 2.31. The van der Waals surface area contributed by atoms with E-state index in [-0.39, 0.29) is 6.04 Å². The third kappa shape index (κ3) is 2.23. The second-order valence-corrected chi connectivity index (χ2v) is 6.45. The Morgan fingerprint density at radius 1 is 1.15 bits per heavy atom. The van der Waals surface area contributed by atoms with Crippen molar-refractivity contribution >= 4 is 9.84 Å². The maximum atomic E-state index is 11.4. The highest BCUT2D eigenvalue weighted by Crippen LogP contribution is 2.29. The van der Waals surface area contributed by atoms with Gasteiger partial charge in [0.05, 0.1) is 11.5 Å². The van der Waals surface area contributed by atoms with Crippen LogP contribution >= 0.6 is 0 Å². The number of hydrogen-bond donors (Lipinski definition) is 1. The fraction of sp³-hybridized carbons (Fsp3) is 1.00. The third-order valence-corrected chi connectivity index (χ3v) is 4.92. The van der Waals surface area contributed by atoms with Crippen molar-refractivity contribution in [3.8, 4) is 0 Å². The molecule has 0 radical (unpaired) electrons. The van der Waals surface area contributed by atoms with Crippen LogP contribution in [0.5, 0.6) is 0 Å². The second-order valence-electron chi connectivity index (χ2n) is 4.22. The number of nitrogens with one attached hydrogen (secondary N) is 1. The van der Waals surface area contributed by atoms with Gasteiger partial charge in [0.2, 0.25) is 0 Å². The van der Waals surface area contributed by atoms with E-state index in [1.54, 1.807) is 0 Å². The molecule has 1 aliphatic carbocycles. The molecular formula is C9H17NO2S. The van der Waals surface area contributed by atoms with Crippen LogP contribution in [0.4, 0.5) is 0 Å². The summed E-state index contributed by atoms with van der Waals surface area (Å²) in [4.78, 5) is 0. The lowest BCUT2D eigenvalue weighted by Crippen LogP contribution is -2.48. The summed E-state index contributed by atoms with van der Waals surface area (Å²) in [6, 6.07) is 0.251. The quantitative estimate of drug-likeness (QED) is 0.677. The van der Waals surface area contributed by atoms with E-state index < -0.39 is 9.84 Å². The number of rotatable bonds is 1. The van der Waals surface area contributed by atoms with Gasteiger partial charge in [-0.2, -0.15) is 0 Å². The molecular weight excluding hydrogens is 186 g/mol. The van der Waals surface area contributed by atoms with E-state index in [4.69, 9.17) is 0 Å². The summed E-state index contributed by atoms with van der Waals surface area (Å²) < 4.78 is 22.8. The van der Waals surface area contributed by atoms with E-state index in [1.165, 1.54) is 25.7 Å². The van der Waals surface area contributed by atoms with Gasteiger partial charge in [0.25, 0.3) is 0 Å². The maximum absolute atomic E-state index is 11.4. The Labute approximate surface area is 79.8 Å². The summed E-state index contributed by atoms with van der Waals surface area (Å²) in [5.41, 5.74) is 0. The largest absolute Gasteiger partial charge is 0.312 e. The summed E-state index contributed by atoms with van der Waals surface area (Å²) in [7, 11) is -2.73. The Balaban J connectivity index is 1.99. The summed E-state index contributed by atoms with van der Waals surface area (Å²) >= 11 is 0. The van der Waals surface area contributed by atoms with Gasteiger partial charge in [-0.05, 0) is 18.8 Å². The van der Waals surface area contributed by atoms with Gasteiger partial charge >= 0.3 is 0 Å². The molecule has 1 saturated heterocycles. The van der Waals surface area contributed by atoms with Gasteiger partial charge in [0.1, 0.15) is 0 Å².